The van der Waals surface area contributed by atoms with Crippen LogP contribution in [0.2, 0.25) is 5.15 Å². The molecule has 0 aliphatic carbocycles. The second kappa shape index (κ2) is 8.12. The molecule has 10 heteroatoms. The summed E-state index contributed by atoms with van der Waals surface area (Å²) >= 11 is 5.89. The molecule has 0 aliphatic heterocycles. The van der Waals surface area contributed by atoms with E-state index in [0.29, 0.717) is 17.8 Å². The number of rotatable bonds is 5. The van der Waals surface area contributed by atoms with Crippen LogP contribution >= 0.6 is 11.6 Å². The van der Waals surface area contributed by atoms with Gasteiger partial charge in [0.25, 0.3) is 0 Å². The second-order valence-corrected chi connectivity index (χ2v) is 6.54. The third-order valence-corrected chi connectivity index (χ3v) is 4.34. The van der Waals surface area contributed by atoms with E-state index in [0.717, 1.165) is 11.8 Å². The molecule has 0 aliphatic rings. The van der Waals surface area contributed by atoms with Gasteiger partial charge in [0.2, 0.25) is 0 Å². The average Bonchev–Trinajstić information content (AvgIpc) is 3.08. The number of methoxy groups -OCH3 is 1. The number of halogens is 4. The van der Waals surface area contributed by atoms with Crippen LogP contribution in [0, 0.1) is 0 Å². The Kier molecular flexibility index (Phi) is 5.78. The fourth-order valence-corrected chi connectivity index (χ4v) is 2.85. The zero-order chi connectivity index (χ0) is 21.2. The van der Waals surface area contributed by atoms with Crippen LogP contribution in [-0.4, -0.2) is 27.6 Å². The molecular formula is C19H16ClF3N4O2. The number of carbonyl (C=O) groups is 1. The zero-order valence-electron chi connectivity index (χ0n) is 15.4. The Morgan fingerprint density at radius 2 is 1.97 bits per heavy atom. The minimum absolute atomic E-state index is 0.214. The number of benzene rings is 1. The lowest BCUT2D eigenvalue weighted by Gasteiger charge is -2.11. The molecule has 0 radical (unpaired) electrons. The van der Waals surface area contributed by atoms with Crippen molar-refractivity contribution in [2.75, 3.05) is 12.4 Å². The first-order valence-electron chi connectivity index (χ1n) is 8.36. The van der Waals surface area contributed by atoms with E-state index in [9.17, 15) is 18.0 Å². The second-order valence-electron chi connectivity index (χ2n) is 6.15. The number of carbonyl (C=O) groups excluding carboxylic acids is 1. The van der Waals surface area contributed by atoms with Crippen molar-refractivity contribution in [3.63, 3.8) is 0 Å². The molecule has 29 heavy (non-hydrogen) atoms. The predicted molar refractivity (Wildman–Crippen MR) is 102 cm³/mol. The Hall–Kier alpha value is -3.07. The number of hydrogen-bond acceptors (Lipinski definition) is 5. The Morgan fingerprint density at radius 3 is 2.55 bits per heavy atom. The van der Waals surface area contributed by atoms with Crippen LogP contribution in [0.5, 0.6) is 0 Å². The summed E-state index contributed by atoms with van der Waals surface area (Å²) in [7, 11) is 2.77. The van der Waals surface area contributed by atoms with Gasteiger partial charge in [-0.15, -0.1) is 0 Å². The van der Waals surface area contributed by atoms with Crippen LogP contribution in [0.4, 0.5) is 18.9 Å². The number of aromatic nitrogens is 3. The van der Waals surface area contributed by atoms with Crippen LogP contribution in [0.3, 0.4) is 0 Å². The molecule has 0 unspecified atom stereocenters. The van der Waals surface area contributed by atoms with E-state index < -0.39 is 17.8 Å². The summed E-state index contributed by atoms with van der Waals surface area (Å²) in [5.74, 6) is -0.340. The molecule has 0 atom stereocenters. The minimum atomic E-state index is -4.50. The number of pyridine rings is 1. The third kappa shape index (κ3) is 4.68. The lowest BCUT2D eigenvalue weighted by molar-refractivity contribution is -0.140. The fourth-order valence-electron chi connectivity index (χ4n) is 2.69. The molecule has 1 aromatic carbocycles. The molecule has 0 bridgehead atoms. The minimum Gasteiger partial charge on any atom is -0.465 e. The summed E-state index contributed by atoms with van der Waals surface area (Å²) in [4.78, 5) is 19.4. The molecular weight excluding hydrogens is 409 g/mol. The number of hydrogen-bond donors (Lipinski definition) is 1. The van der Waals surface area contributed by atoms with Crippen molar-refractivity contribution < 1.29 is 22.7 Å². The maximum absolute atomic E-state index is 12.8. The highest BCUT2D eigenvalue weighted by molar-refractivity contribution is 6.29. The molecule has 1 N–H and O–H groups in total. The molecule has 3 rings (SSSR count). The summed E-state index contributed by atoms with van der Waals surface area (Å²) < 4.78 is 44.6. The summed E-state index contributed by atoms with van der Waals surface area (Å²) in [6.07, 6.45) is -2.23. The van der Waals surface area contributed by atoms with E-state index in [-0.39, 0.29) is 16.5 Å². The van der Waals surface area contributed by atoms with Crippen LogP contribution in [-0.2, 0) is 24.5 Å². The maximum Gasteiger partial charge on any atom is 0.434 e. The van der Waals surface area contributed by atoms with Crippen molar-refractivity contribution in [2.24, 2.45) is 7.05 Å². The number of nitrogens with one attached hydrogen (secondary N) is 1. The van der Waals surface area contributed by atoms with E-state index in [1.807, 2.05) is 0 Å². The van der Waals surface area contributed by atoms with Crippen molar-refractivity contribution in [3.8, 4) is 11.4 Å². The van der Waals surface area contributed by atoms with Crippen molar-refractivity contribution in [1.82, 2.24) is 14.5 Å². The lowest BCUT2D eigenvalue weighted by atomic mass is 10.1. The Morgan fingerprint density at radius 1 is 1.28 bits per heavy atom. The number of ether oxygens (including phenoxy) is 1. The molecule has 0 saturated carbocycles. The van der Waals surface area contributed by atoms with E-state index in [4.69, 9.17) is 16.3 Å². The van der Waals surface area contributed by atoms with Gasteiger partial charge in [-0.05, 0) is 11.6 Å². The van der Waals surface area contributed by atoms with Gasteiger partial charge in [-0.3, -0.25) is 0 Å². The quantitative estimate of drug-likeness (QED) is 0.480. The van der Waals surface area contributed by atoms with Crippen LogP contribution in [0.15, 0.2) is 42.7 Å². The van der Waals surface area contributed by atoms with Crippen molar-refractivity contribution in [1.29, 1.82) is 0 Å². The normalized spacial score (nSPS) is 11.4. The Bertz CT molecular complexity index is 1030. The van der Waals surface area contributed by atoms with Gasteiger partial charge in [-0.1, -0.05) is 35.9 Å². The van der Waals surface area contributed by atoms with Crippen LogP contribution in [0.25, 0.3) is 11.4 Å². The topological polar surface area (TPSA) is 69.0 Å². The van der Waals surface area contributed by atoms with Gasteiger partial charge < -0.3 is 14.6 Å². The van der Waals surface area contributed by atoms with Gasteiger partial charge in [0, 0.05) is 31.5 Å². The number of anilines is 1. The summed E-state index contributed by atoms with van der Waals surface area (Å²) in [6, 6.07) is 8.38. The maximum atomic E-state index is 12.8. The first-order valence-corrected chi connectivity index (χ1v) is 8.74. The summed E-state index contributed by atoms with van der Waals surface area (Å²) in [6.45, 7) is 0.346. The largest absolute Gasteiger partial charge is 0.465 e. The highest BCUT2D eigenvalue weighted by Gasteiger charge is 2.34. The van der Waals surface area contributed by atoms with E-state index >= 15 is 0 Å². The molecule has 6 nitrogen and oxygen atoms in total. The monoisotopic (exact) mass is 424 g/mol. The SMILES string of the molecule is COC(=O)c1cnc(Cl)cc1NCc1ccc(-c2nc(C(F)(F)F)cn2C)cc1. The zero-order valence-corrected chi connectivity index (χ0v) is 16.2. The fraction of sp³-hybridized carbons (Fsp3) is 0.211. The van der Waals surface area contributed by atoms with Gasteiger partial charge in [0.05, 0.1) is 12.8 Å². The first-order chi connectivity index (χ1) is 13.7. The summed E-state index contributed by atoms with van der Waals surface area (Å²) in [5.41, 5.74) is 1.14. The van der Waals surface area contributed by atoms with E-state index in [1.54, 1.807) is 24.3 Å². The molecule has 0 fully saturated rings. The number of nitrogens with zero attached hydrogens (tertiary/aromatic N) is 3. The molecule has 0 amide bonds. The van der Waals surface area contributed by atoms with Gasteiger partial charge >= 0.3 is 12.1 Å². The smallest absolute Gasteiger partial charge is 0.434 e. The van der Waals surface area contributed by atoms with Gasteiger partial charge in [0.1, 0.15) is 16.5 Å². The Balaban J connectivity index is 1.77. The van der Waals surface area contributed by atoms with Crippen LogP contribution in [0.1, 0.15) is 21.6 Å². The van der Waals surface area contributed by atoms with Crippen LogP contribution < -0.4 is 5.32 Å². The van der Waals surface area contributed by atoms with Gasteiger partial charge in [-0.2, -0.15) is 13.2 Å². The molecule has 0 spiro atoms. The molecule has 152 valence electrons. The standard InChI is InChI=1S/C19H16ClF3N4O2/c1-27-10-15(19(21,22)23)26-17(27)12-5-3-11(4-6-12)8-24-14-7-16(20)25-9-13(14)18(28)29-2/h3-7,9-10H,8H2,1-2H3,(H,24,25). The summed E-state index contributed by atoms with van der Waals surface area (Å²) in [5, 5.41) is 3.30. The molecule has 3 aromatic rings. The number of imidazole rings is 1. The number of alkyl halides is 3. The molecule has 0 saturated heterocycles. The lowest BCUT2D eigenvalue weighted by Crippen LogP contribution is -2.09. The van der Waals surface area contributed by atoms with E-state index in [1.165, 1.54) is 31.0 Å². The first kappa shape index (κ1) is 20.7. The molecule has 2 heterocycles. The van der Waals surface area contributed by atoms with Crippen molar-refractivity contribution in [3.05, 3.63) is 64.7 Å². The number of aryl methyl sites for hydroxylation is 1. The van der Waals surface area contributed by atoms with Crippen molar-refractivity contribution in [2.45, 2.75) is 12.7 Å². The molecule has 2 aromatic heterocycles. The highest BCUT2D eigenvalue weighted by Crippen LogP contribution is 2.30. The van der Waals surface area contributed by atoms with E-state index in [2.05, 4.69) is 15.3 Å². The average molecular weight is 425 g/mol. The number of esters is 1. The van der Waals surface area contributed by atoms with Crippen molar-refractivity contribution >= 4 is 23.3 Å². The van der Waals surface area contributed by atoms with Gasteiger partial charge in [-0.25, -0.2) is 14.8 Å². The van der Waals surface area contributed by atoms with Gasteiger partial charge in [0.15, 0.2) is 5.69 Å². The highest BCUT2D eigenvalue weighted by atomic mass is 35.5. The Labute approximate surface area is 169 Å². The third-order valence-electron chi connectivity index (χ3n) is 4.14. The predicted octanol–water partition coefficient (Wildman–Crippen LogP) is 4.55.